The van der Waals surface area contributed by atoms with Crippen molar-refractivity contribution in [2.24, 2.45) is 0 Å². The van der Waals surface area contributed by atoms with Gasteiger partial charge < -0.3 is 25.3 Å². The van der Waals surface area contributed by atoms with Crippen molar-refractivity contribution in [3.8, 4) is 5.75 Å². The van der Waals surface area contributed by atoms with E-state index >= 15 is 0 Å². The number of para-hydroxylation sites is 1. The standard InChI is InChI=1S/C33H39N5O4S/c1-21(2)24-15-25(17-34-16-24)37(4)18-29(39)28(14-23-10-7-6-8-11-23)36-32(41)26-12-9-13-27(31(26)40)33(42)38(5)19-30-35-22(3)20-43-30/h6-13,15-17,20-21,28-29,39-40H,14,18-19H2,1-5H3,(H,36,41)/t28-,29+/m0/s1. The first kappa shape index (κ1) is 31.7. The number of aromatic hydroxyl groups is 1. The highest BCUT2D eigenvalue weighted by Crippen LogP contribution is 2.25. The average molecular weight is 602 g/mol. The lowest BCUT2D eigenvalue weighted by molar-refractivity contribution is 0.0781. The Morgan fingerprint density at radius 2 is 1.74 bits per heavy atom. The van der Waals surface area contributed by atoms with Crippen molar-refractivity contribution in [2.45, 2.75) is 51.8 Å². The van der Waals surface area contributed by atoms with Crippen LogP contribution in [0.4, 0.5) is 5.69 Å². The van der Waals surface area contributed by atoms with Crippen molar-refractivity contribution < 1.29 is 19.8 Å². The number of phenolic OH excluding ortho intramolecular Hbond substituents is 1. The smallest absolute Gasteiger partial charge is 0.257 e. The van der Waals surface area contributed by atoms with Crippen molar-refractivity contribution in [2.75, 3.05) is 25.5 Å². The Labute approximate surface area is 256 Å². The molecule has 3 N–H and O–H groups in total. The van der Waals surface area contributed by atoms with Crippen molar-refractivity contribution in [3.05, 3.63) is 105 Å². The Kier molecular flexibility index (Phi) is 10.5. The van der Waals surface area contributed by atoms with Gasteiger partial charge in [-0.15, -0.1) is 11.3 Å². The van der Waals surface area contributed by atoms with Gasteiger partial charge in [-0.1, -0.05) is 50.2 Å². The molecular formula is C33H39N5O4S. The van der Waals surface area contributed by atoms with Gasteiger partial charge in [-0.2, -0.15) is 0 Å². The number of phenols is 1. The van der Waals surface area contributed by atoms with Gasteiger partial charge >= 0.3 is 0 Å². The number of nitrogens with zero attached hydrogens (tertiary/aromatic N) is 4. The maximum absolute atomic E-state index is 13.5. The minimum Gasteiger partial charge on any atom is -0.506 e. The number of aromatic nitrogens is 2. The number of pyridine rings is 1. The van der Waals surface area contributed by atoms with Gasteiger partial charge in [0.05, 0.1) is 41.7 Å². The summed E-state index contributed by atoms with van der Waals surface area (Å²) in [6.07, 6.45) is 2.98. The normalized spacial score (nSPS) is 12.5. The largest absolute Gasteiger partial charge is 0.506 e. The molecule has 0 aliphatic rings. The van der Waals surface area contributed by atoms with Crippen LogP contribution in [-0.2, 0) is 13.0 Å². The van der Waals surface area contributed by atoms with Crippen molar-refractivity contribution in [1.29, 1.82) is 0 Å². The lowest BCUT2D eigenvalue weighted by Gasteiger charge is -2.29. The second-order valence-corrected chi connectivity index (χ2v) is 12.0. The summed E-state index contributed by atoms with van der Waals surface area (Å²) in [7, 11) is 3.50. The Bertz CT molecular complexity index is 1540. The van der Waals surface area contributed by atoms with E-state index in [1.54, 1.807) is 19.3 Å². The molecule has 2 aromatic heterocycles. The minimum absolute atomic E-state index is 0.0147. The zero-order valence-corrected chi connectivity index (χ0v) is 26.0. The number of amides is 2. The molecule has 0 unspecified atom stereocenters. The first-order chi connectivity index (χ1) is 20.5. The lowest BCUT2D eigenvalue weighted by atomic mass is 9.99. The van der Waals surface area contributed by atoms with Crippen molar-refractivity contribution in [3.63, 3.8) is 0 Å². The molecule has 9 nitrogen and oxygen atoms in total. The summed E-state index contributed by atoms with van der Waals surface area (Å²) in [6.45, 7) is 6.59. The third-order valence-electron chi connectivity index (χ3n) is 7.29. The van der Waals surface area contributed by atoms with E-state index in [0.29, 0.717) is 12.3 Å². The van der Waals surface area contributed by atoms with Crippen LogP contribution in [0.15, 0.2) is 72.4 Å². The number of aryl methyl sites for hydroxylation is 1. The first-order valence-electron chi connectivity index (χ1n) is 14.2. The van der Waals surface area contributed by atoms with Crippen LogP contribution in [0.3, 0.4) is 0 Å². The molecule has 226 valence electrons. The summed E-state index contributed by atoms with van der Waals surface area (Å²) in [6, 6.07) is 15.5. The SMILES string of the molecule is Cc1csc(CN(C)C(=O)c2cccc(C(=O)N[C@@H](Cc3ccccc3)[C@H](O)CN(C)c3cncc(C(C)C)c3)c2O)n1. The van der Waals surface area contributed by atoms with E-state index in [-0.39, 0.29) is 24.2 Å². The predicted molar refractivity (Wildman–Crippen MR) is 170 cm³/mol. The number of carbonyl (C=O) groups excluding carboxylic acids is 2. The molecule has 0 aliphatic heterocycles. The second kappa shape index (κ2) is 14.3. The van der Waals surface area contributed by atoms with Crippen LogP contribution in [-0.4, -0.2) is 69.7 Å². The number of carbonyl (C=O) groups is 2. The van der Waals surface area contributed by atoms with E-state index in [9.17, 15) is 19.8 Å². The zero-order valence-electron chi connectivity index (χ0n) is 25.2. The van der Waals surface area contributed by atoms with E-state index in [2.05, 4.69) is 29.1 Å². The number of rotatable bonds is 12. The van der Waals surface area contributed by atoms with Gasteiger partial charge in [0, 0.05) is 37.9 Å². The van der Waals surface area contributed by atoms with E-state index in [1.807, 2.05) is 66.8 Å². The molecule has 4 aromatic rings. The molecule has 0 fully saturated rings. The molecule has 2 aromatic carbocycles. The Morgan fingerprint density at radius 3 is 2.42 bits per heavy atom. The quantitative estimate of drug-likeness (QED) is 0.214. The van der Waals surface area contributed by atoms with Crippen LogP contribution >= 0.6 is 11.3 Å². The topological polar surface area (TPSA) is 119 Å². The number of nitrogens with one attached hydrogen (secondary N) is 1. The van der Waals surface area contributed by atoms with Gasteiger partial charge in [0.1, 0.15) is 10.8 Å². The number of benzene rings is 2. The molecule has 2 heterocycles. The maximum atomic E-state index is 13.5. The summed E-state index contributed by atoms with van der Waals surface area (Å²) >= 11 is 1.45. The van der Waals surface area contributed by atoms with E-state index in [4.69, 9.17) is 0 Å². The Morgan fingerprint density at radius 1 is 1.02 bits per heavy atom. The maximum Gasteiger partial charge on any atom is 0.257 e. The third kappa shape index (κ3) is 8.18. The van der Waals surface area contributed by atoms with Crippen LogP contribution < -0.4 is 10.2 Å². The van der Waals surface area contributed by atoms with Crippen LogP contribution in [0.25, 0.3) is 0 Å². The number of hydrogen-bond acceptors (Lipinski definition) is 8. The summed E-state index contributed by atoms with van der Waals surface area (Å²) in [5.74, 6) is -1.12. The fraction of sp³-hybridized carbons (Fsp3) is 0.333. The van der Waals surface area contributed by atoms with Crippen LogP contribution in [0.2, 0.25) is 0 Å². The highest BCUT2D eigenvalue weighted by atomic mass is 32.1. The Hall–Kier alpha value is -4.28. The molecule has 0 spiro atoms. The van der Waals surface area contributed by atoms with Gasteiger partial charge in [-0.05, 0) is 48.6 Å². The second-order valence-electron chi connectivity index (χ2n) is 11.1. The van der Waals surface area contributed by atoms with Crippen molar-refractivity contribution >= 4 is 28.8 Å². The molecule has 4 rings (SSSR count). The van der Waals surface area contributed by atoms with Gasteiger partial charge in [0.15, 0.2) is 0 Å². The van der Waals surface area contributed by atoms with Gasteiger partial charge in [-0.25, -0.2) is 4.98 Å². The molecule has 0 radical (unpaired) electrons. The molecule has 43 heavy (non-hydrogen) atoms. The number of thiazole rings is 1. The average Bonchev–Trinajstić information content (AvgIpc) is 3.41. The summed E-state index contributed by atoms with van der Waals surface area (Å²) < 4.78 is 0. The van der Waals surface area contributed by atoms with E-state index < -0.39 is 29.7 Å². The number of anilines is 1. The molecular weight excluding hydrogens is 562 g/mol. The molecule has 0 bridgehead atoms. The first-order valence-corrected chi connectivity index (χ1v) is 15.1. The fourth-order valence-electron chi connectivity index (χ4n) is 4.74. The number of likely N-dealkylation sites (N-methyl/N-ethyl adjacent to an activating group) is 1. The van der Waals surface area contributed by atoms with Crippen LogP contribution in [0.1, 0.15) is 62.3 Å². The Balaban J connectivity index is 1.53. The molecule has 2 atom stereocenters. The van der Waals surface area contributed by atoms with Gasteiger partial charge in [-0.3, -0.25) is 14.6 Å². The molecule has 0 saturated carbocycles. The van der Waals surface area contributed by atoms with Crippen LogP contribution in [0, 0.1) is 6.92 Å². The summed E-state index contributed by atoms with van der Waals surface area (Å²) in [5.41, 5.74) is 3.73. The highest BCUT2D eigenvalue weighted by molar-refractivity contribution is 7.09. The molecule has 10 heteroatoms. The zero-order chi connectivity index (χ0) is 31.1. The minimum atomic E-state index is -0.961. The number of aliphatic hydroxyl groups is 1. The van der Waals surface area contributed by atoms with Crippen molar-refractivity contribution in [1.82, 2.24) is 20.2 Å². The fourth-order valence-corrected chi connectivity index (χ4v) is 5.56. The summed E-state index contributed by atoms with van der Waals surface area (Å²) in [5, 5.41) is 28.1. The van der Waals surface area contributed by atoms with Crippen LogP contribution in [0.5, 0.6) is 5.75 Å². The third-order valence-corrected chi connectivity index (χ3v) is 8.24. The van der Waals surface area contributed by atoms with E-state index in [0.717, 1.165) is 27.5 Å². The monoisotopic (exact) mass is 601 g/mol. The van der Waals surface area contributed by atoms with E-state index in [1.165, 1.54) is 28.4 Å². The number of hydrogen-bond donors (Lipinski definition) is 3. The van der Waals surface area contributed by atoms with Gasteiger partial charge in [0.25, 0.3) is 11.8 Å². The molecule has 0 aliphatic carbocycles. The molecule has 0 saturated heterocycles. The van der Waals surface area contributed by atoms with Gasteiger partial charge in [0.2, 0.25) is 0 Å². The predicted octanol–water partition coefficient (Wildman–Crippen LogP) is 4.79. The molecule has 2 amide bonds. The highest BCUT2D eigenvalue weighted by Gasteiger charge is 2.27. The number of aliphatic hydroxyl groups excluding tert-OH is 1. The lowest BCUT2D eigenvalue weighted by Crippen LogP contribution is -2.49. The summed E-state index contributed by atoms with van der Waals surface area (Å²) in [4.78, 5) is 38.9.